The molecule has 4 saturated heterocycles. The van der Waals surface area contributed by atoms with Gasteiger partial charge in [0.05, 0.1) is 25.0 Å². The van der Waals surface area contributed by atoms with Gasteiger partial charge in [0.15, 0.2) is 0 Å². The second-order valence-electron chi connectivity index (χ2n) is 10.6. The minimum Gasteiger partial charge on any atom is -0.633 e. The maximum Gasteiger partial charge on any atom is 0.232 e. The Kier molecular flexibility index (Phi) is 4.34. The number of quaternary nitrogens is 1. The van der Waals surface area contributed by atoms with Gasteiger partial charge in [-0.25, -0.2) is 0 Å². The molecule has 152 valence electrons. The minimum absolute atomic E-state index is 0.0654. The first-order chi connectivity index (χ1) is 13.4. The van der Waals surface area contributed by atoms with Crippen LogP contribution in [0.2, 0.25) is 0 Å². The van der Waals surface area contributed by atoms with Gasteiger partial charge >= 0.3 is 0 Å². The highest BCUT2D eigenvalue weighted by Crippen LogP contribution is 2.59. The second-order valence-corrected chi connectivity index (χ2v) is 10.6. The molecule has 1 saturated carbocycles. The summed E-state index contributed by atoms with van der Waals surface area (Å²) in [5.41, 5.74) is 1.03. The number of benzene rings is 1. The van der Waals surface area contributed by atoms with E-state index in [-0.39, 0.29) is 22.0 Å². The van der Waals surface area contributed by atoms with Crippen molar-refractivity contribution in [2.45, 2.75) is 45.1 Å². The fourth-order valence-electron chi connectivity index (χ4n) is 7.22. The van der Waals surface area contributed by atoms with E-state index >= 15 is 0 Å². The van der Waals surface area contributed by atoms with E-state index in [1.807, 2.05) is 0 Å². The van der Waals surface area contributed by atoms with Gasteiger partial charge in [-0.15, -0.1) is 0 Å². The molecule has 5 aliphatic rings. The molecule has 1 aliphatic carbocycles. The fraction of sp³-hybridized carbons (Fsp3) is 0.696. The number of hydrogen-bond donors (Lipinski definition) is 1. The average molecular weight is 384 g/mol. The van der Waals surface area contributed by atoms with Gasteiger partial charge in [0, 0.05) is 37.0 Å². The molecule has 1 aromatic carbocycles. The molecule has 0 aromatic heterocycles. The number of carbonyl (C=O) groups is 1. The van der Waals surface area contributed by atoms with E-state index in [4.69, 9.17) is 0 Å². The Balaban J connectivity index is 1.19. The van der Waals surface area contributed by atoms with E-state index in [2.05, 4.69) is 47.5 Å². The summed E-state index contributed by atoms with van der Waals surface area (Å²) in [6.07, 6.45) is 5.06. The molecule has 28 heavy (non-hydrogen) atoms. The second kappa shape index (κ2) is 6.54. The molecule has 5 fully saturated rings. The number of nitrogens with one attached hydrogen (secondary N) is 1. The summed E-state index contributed by atoms with van der Waals surface area (Å²) >= 11 is 0. The smallest absolute Gasteiger partial charge is 0.232 e. The third-order valence-electron chi connectivity index (χ3n) is 7.73. The molecule has 1 amide bonds. The quantitative estimate of drug-likeness (QED) is 0.628. The molecule has 5 nitrogen and oxygen atoms in total. The highest BCUT2D eigenvalue weighted by molar-refractivity contribution is 5.83. The predicted molar refractivity (Wildman–Crippen MR) is 109 cm³/mol. The summed E-state index contributed by atoms with van der Waals surface area (Å²) in [6, 6.07) is 10.8. The van der Waals surface area contributed by atoms with Crippen LogP contribution in [-0.4, -0.2) is 60.8 Å². The number of hydrogen-bond acceptors (Lipinski definition) is 3. The van der Waals surface area contributed by atoms with E-state index in [0.29, 0.717) is 12.5 Å². The summed E-state index contributed by atoms with van der Waals surface area (Å²) < 4.78 is -0.123. The Morgan fingerprint density at radius 1 is 1.29 bits per heavy atom. The lowest BCUT2D eigenvalue weighted by atomic mass is 9.53. The zero-order valence-electron chi connectivity index (χ0n) is 17.0. The topological polar surface area (TPSA) is 55.4 Å². The summed E-state index contributed by atoms with van der Waals surface area (Å²) in [7, 11) is 0. The number of amides is 1. The zero-order valence-corrected chi connectivity index (χ0v) is 17.0. The number of rotatable bonds is 5. The third kappa shape index (κ3) is 3.38. The predicted octanol–water partition coefficient (Wildman–Crippen LogP) is 2.55. The van der Waals surface area contributed by atoms with Gasteiger partial charge in [-0.2, -0.15) is 0 Å². The Morgan fingerprint density at radius 2 is 2.11 bits per heavy atom. The number of carbonyl (C=O) groups excluding carboxylic acids is 1. The third-order valence-corrected chi connectivity index (χ3v) is 7.73. The average Bonchev–Trinajstić information content (AvgIpc) is 3.05. The molecule has 5 atom stereocenters. The summed E-state index contributed by atoms with van der Waals surface area (Å²) in [6.45, 7) is 7.23. The molecule has 5 heteroatoms. The van der Waals surface area contributed by atoms with Crippen LogP contribution in [0.1, 0.15) is 38.2 Å². The molecule has 1 N–H and O–H groups in total. The molecule has 5 unspecified atom stereocenters. The van der Waals surface area contributed by atoms with Crippen LogP contribution in [0.15, 0.2) is 30.3 Å². The minimum atomic E-state index is -0.409. The van der Waals surface area contributed by atoms with Crippen molar-refractivity contribution in [3.63, 3.8) is 0 Å². The van der Waals surface area contributed by atoms with Crippen LogP contribution in [0.5, 0.6) is 0 Å². The van der Waals surface area contributed by atoms with Gasteiger partial charge in [0.2, 0.25) is 5.91 Å². The molecule has 4 heterocycles. The van der Waals surface area contributed by atoms with Crippen LogP contribution in [0.25, 0.3) is 0 Å². The number of piperidine rings is 3. The van der Waals surface area contributed by atoms with Crippen molar-refractivity contribution in [1.82, 2.24) is 10.2 Å². The van der Waals surface area contributed by atoms with Crippen molar-refractivity contribution in [1.29, 1.82) is 0 Å². The van der Waals surface area contributed by atoms with Gasteiger partial charge in [0.25, 0.3) is 0 Å². The Morgan fingerprint density at radius 3 is 2.86 bits per heavy atom. The van der Waals surface area contributed by atoms with Crippen molar-refractivity contribution >= 4 is 5.91 Å². The van der Waals surface area contributed by atoms with Gasteiger partial charge < -0.3 is 20.1 Å². The normalized spacial score (nSPS) is 42.1. The standard InChI is InChI=1S/C23H33N3O2/c1-22-11-19-12-23(15-22,17-26(28,14-19)16-22)21(27)24-20-8-10-25(13-20)9-7-18-5-3-2-4-6-18/h2-6,19-20H,7-17H2,1H3,(H,24,27). The summed E-state index contributed by atoms with van der Waals surface area (Å²) in [5.74, 6) is 0.617. The lowest BCUT2D eigenvalue weighted by molar-refractivity contribution is -0.917. The lowest BCUT2D eigenvalue weighted by Crippen LogP contribution is -2.72. The number of likely N-dealkylation sites (tertiary alicyclic amines) is 1. The Bertz CT molecular complexity index is 733. The zero-order chi connectivity index (χ0) is 19.4. The molecule has 6 rings (SSSR count). The van der Waals surface area contributed by atoms with Crippen molar-refractivity contribution in [2.75, 3.05) is 39.3 Å². The first kappa shape index (κ1) is 18.6. The summed E-state index contributed by atoms with van der Waals surface area (Å²) in [5, 5.41) is 16.5. The highest BCUT2D eigenvalue weighted by atomic mass is 16.5. The first-order valence-electron chi connectivity index (χ1n) is 11.0. The number of nitrogens with zero attached hydrogens (tertiary/aromatic N) is 2. The van der Waals surface area contributed by atoms with Crippen molar-refractivity contribution < 1.29 is 9.44 Å². The van der Waals surface area contributed by atoms with Gasteiger partial charge in [-0.1, -0.05) is 37.3 Å². The van der Waals surface area contributed by atoms with Crippen LogP contribution in [-0.2, 0) is 11.2 Å². The van der Waals surface area contributed by atoms with E-state index in [9.17, 15) is 10.0 Å². The van der Waals surface area contributed by atoms with E-state index < -0.39 is 5.41 Å². The maximum absolute atomic E-state index is 13.3. The largest absolute Gasteiger partial charge is 0.633 e. The molecule has 4 bridgehead atoms. The van der Waals surface area contributed by atoms with Crippen LogP contribution in [0.4, 0.5) is 0 Å². The van der Waals surface area contributed by atoms with E-state index in [1.54, 1.807) is 0 Å². The Hall–Kier alpha value is -1.43. The van der Waals surface area contributed by atoms with Crippen LogP contribution in [0.3, 0.4) is 0 Å². The van der Waals surface area contributed by atoms with Gasteiger partial charge in [-0.3, -0.25) is 4.79 Å². The van der Waals surface area contributed by atoms with Gasteiger partial charge in [0.1, 0.15) is 0 Å². The van der Waals surface area contributed by atoms with E-state index in [1.165, 1.54) is 5.56 Å². The molecule has 4 aliphatic heterocycles. The van der Waals surface area contributed by atoms with Crippen LogP contribution < -0.4 is 5.32 Å². The molecular weight excluding hydrogens is 350 g/mol. The molecule has 0 radical (unpaired) electrons. The molecule has 0 spiro atoms. The monoisotopic (exact) mass is 383 g/mol. The molecular formula is C23H33N3O2. The van der Waals surface area contributed by atoms with Crippen LogP contribution >= 0.6 is 0 Å². The van der Waals surface area contributed by atoms with Crippen molar-refractivity contribution in [2.24, 2.45) is 16.7 Å². The summed E-state index contributed by atoms with van der Waals surface area (Å²) in [4.78, 5) is 15.8. The fourth-order valence-corrected chi connectivity index (χ4v) is 7.22. The molecule has 1 aromatic rings. The SMILES string of the molecule is CC12CC3CC(C(=O)NC4CCN(CCc5ccccc5)C4)(C1)C[N+]([O-])(C3)C2. The van der Waals surface area contributed by atoms with Gasteiger partial charge in [-0.05, 0) is 37.7 Å². The van der Waals surface area contributed by atoms with Crippen molar-refractivity contribution in [3.05, 3.63) is 41.1 Å². The van der Waals surface area contributed by atoms with E-state index in [0.717, 1.165) is 64.8 Å². The maximum atomic E-state index is 13.3. The lowest BCUT2D eigenvalue weighted by Gasteiger charge is -2.67. The number of hydroxylamine groups is 3. The first-order valence-corrected chi connectivity index (χ1v) is 11.0. The Labute approximate surface area is 168 Å². The van der Waals surface area contributed by atoms with Crippen molar-refractivity contribution in [3.8, 4) is 0 Å². The highest BCUT2D eigenvalue weighted by Gasteiger charge is 2.63. The van der Waals surface area contributed by atoms with Crippen LogP contribution in [0, 0.1) is 22.0 Å².